The highest BCUT2D eigenvalue weighted by atomic mass is 19.1. The highest BCUT2D eigenvalue weighted by Crippen LogP contribution is 2.35. The summed E-state index contributed by atoms with van der Waals surface area (Å²) in [5, 5.41) is 7.71. The molecule has 1 aromatic carbocycles. The summed E-state index contributed by atoms with van der Waals surface area (Å²) >= 11 is 0. The van der Waals surface area contributed by atoms with Gasteiger partial charge in [0.25, 0.3) is 11.8 Å². The Hall–Kier alpha value is -3.23. The van der Waals surface area contributed by atoms with Crippen molar-refractivity contribution in [1.29, 1.82) is 0 Å². The summed E-state index contributed by atoms with van der Waals surface area (Å²) in [6, 6.07) is 5.06. The number of hydrogen-bond donors (Lipinski definition) is 2. The number of carbonyl (C=O) groups excluding carboxylic acids is 3. The third kappa shape index (κ3) is 3.26. The minimum atomic E-state index is -0.926. The highest BCUT2D eigenvalue weighted by molar-refractivity contribution is 6.09. The van der Waals surface area contributed by atoms with Crippen LogP contribution in [0, 0.1) is 18.7 Å². The van der Waals surface area contributed by atoms with Crippen LogP contribution in [0.5, 0.6) is 0 Å². The molecular formula is C20H22FN5O3. The first-order valence-corrected chi connectivity index (χ1v) is 9.59. The van der Waals surface area contributed by atoms with Crippen LogP contribution in [0.1, 0.15) is 48.7 Å². The maximum Gasteiger partial charge on any atom is 0.344 e. The molecule has 9 heteroatoms. The van der Waals surface area contributed by atoms with Gasteiger partial charge in [0.05, 0.1) is 23.1 Å². The molecule has 1 saturated carbocycles. The topological polar surface area (TPSA) is 96.3 Å². The first kappa shape index (κ1) is 19.1. The van der Waals surface area contributed by atoms with E-state index in [4.69, 9.17) is 0 Å². The van der Waals surface area contributed by atoms with E-state index in [2.05, 4.69) is 22.8 Å². The van der Waals surface area contributed by atoms with Crippen LogP contribution in [-0.4, -0.2) is 38.2 Å². The largest absolute Gasteiger partial charge is 0.344 e. The first-order valence-electron chi connectivity index (χ1n) is 9.59. The van der Waals surface area contributed by atoms with Crippen molar-refractivity contribution >= 4 is 17.8 Å². The summed E-state index contributed by atoms with van der Waals surface area (Å²) in [7, 11) is 0. The lowest BCUT2D eigenvalue weighted by molar-refractivity contribution is -0.134. The molecule has 1 spiro atoms. The Morgan fingerprint density at radius 1 is 1.24 bits per heavy atom. The van der Waals surface area contributed by atoms with Gasteiger partial charge in [-0.3, -0.25) is 15.0 Å². The summed E-state index contributed by atoms with van der Waals surface area (Å²) < 4.78 is 14.6. The smallest absolute Gasteiger partial charge is 0.322 e. The van der Waals surface area contributed by atoms with Crippen molar-refractivity contribution in [3.05, 3.63) is 47.5 Å². The fraction of sp³-hybridized carbons (Fsp3) is 0.400. The number of aromatic nitrogens is 2. The average molecular weight is 399 g/mol. The lowest BCUT2D eigenvalue weighted by atomic mass is 9.77. The Balaban J connectivity index is 1.52. The number of urea groups is 1. The Labute approximate surface area is 167 Å². The Morgan fingerprint density at radius 3 is 2.55 bits per heavy atom. The van der Waals surface area contributed by atoms with Gasteiger partial charge in [0.1, 0.15) is 11.4 Å². The molecule has 2 N–H and O–H groups in total. The molecule has 1 saturated heterocycles. The molecule has 4 rings (SSSR count). The zero-order valence-electron chi connectivity index (χ0n) is 16.2. The monoisotopic (exact) mass is 399 g/mol. The molecule has 4 amide bonds. The van der Waals surface area contributed by atoms with E-state index in [1.165, 1.54) is 23.0 Å². The molecule has 1 aliphatic carbocycles. The van der Waals surface area contributed by atoms with Crippen molar-refractivity contribution in [2.75, 3.05) is 0 Å². The van der Waals surface area contributed by atoms with Crippen molar-refractivity contribution in [2.24, 2.45) is 5.92 Å². The molecule has 0 radical (unpaired) electrons. The Morgan fingerprint density at radius 2 is 1.90 bits per heavy atom. The SMILES string of the molecule is Cc1c(C(=O)NN2C(=O)NC3(CCC(C)CC3)C2=O)cnn1-c1ccc(F)cc1. The normalized spacial score (nSPS) is 24.1. The molecule has 2 aromatic rings. The third-order valence-electron chi connectivity index (χ3n) is 5.83. The van der Waals surface area contributed by atoms with Crippen molar-refractivity contribution in [2.45, 2.75) is 45.1 Å². The number of amides is 4. The van der Waals surface area contributed by atoms with Gasteiger partial charge in [0.2, 0.25) is 0 Å². The molecule has 1 aromatic heterocycles. The molecule has 0 atom stereocenters. The van der Waals surface area contributed by atoms with Gasteiger partial charge >= 0.3 is 6.03 Å². The third-order valence-corrected chi connectivity index (χ3v) is 5.83. The van der Waals surface area contributed by atoms with Crippen molar-refractivity contribution in [3.8, 4) is 5.69 Å². The minimum Gasteiger partial charge on any atom is -0.322 e. The van der Waals surface area contributed by atoms with Crippen LogP contribution in [0.2, 0.25) is 0 Å². The van der Waals surface area contributed by atoms with E-state index >= 15 is 0 Å². The Bertz CT molecular complexity index is 977. The maximum absolute atomic E-state index is 13.1. The number of nitrogens with zero attached hydrogens (tertiary/aromatic N) is 3. The molecule has 152 valence electrons. The van der Waals surface area contributed by atoms with Gasteiger partial charge in [0.15, 0.2) is 0 Å². The van der Waals surface area contributed by atoms with Gasteiger partial charge in [-0.2, -0.15) is 10.1 Å². The highest BCUT2D eigenvalue weighted by Gasteiger charge is 2.53. The lowest BCUT2D eigenvalue weighted by Crippen LogP contribution is -2.51. The van der Waals surface area contributed by atoms with Gasteiger partial charge in [-0.15, -0.1) is 0 Å². The number of halogens is 1. The Kier molecular flexibility index (Phi) is 4.60. The van der Waals surface area contributed by atoms with Crippen LogP contribution in [0.15, 0.2) is 30.5 Å². The van der Waals surface area contributed by atoms with E-state index in [0.29, 0.717) is 30.1 Å². The fourth-order valence-corrected chi connectivity index (χ4v) is 3.95. The summed E-state index contributed by atoms with van der Waals surface area (Å²) in [6.45, 7) is 3.80. The summed E-state index contributed by atoms with van der Waals surface area (Å²) in [5.41, 5.74) is 2.79. The van der Waals surface area contributed by atoms with Crippen LogP contribution < -0.4 is 10.7 Å². The first-order chi connectivity index (χ1) is 13.8. The standard InChI is InChI=1S/C20H22FN5O3/c1-12-7-9-20(10-8-12)18(28)26(19(29)23-20)24-17(27)16-11-22-25(13(16)2)15-5-3-14(21)4-6-15/h3-6,11-12H,7-10H2,1-2H3,(H,23,29)(H,24,27). The van der Waals surface area contributed by atoms with Crippen LogP contribution >= 0.6 is 0 Å². The van der Waals surface area contributed by atoms with Gasteiger partial charge in [-0.05, 0) is 62.8 Å². The molecule has 29 heavy (non-hydrogen) atoms. The van der Waals surface area contributed by atoms with E-state index in [0.717, 1.165) is 17.9 Å². The van der Waals surface area contributed by atoms with E-state index in [1.54, 1.807) is 19.1 Å². The number of rotatable bonds is 3. The quantitative estimate of drug-likeness (QED) is 0.775. The van der Waals surface area contributed by atoms with Gasteiger partial charge in [-0.25, -0.2) is 13.9 Å². The van der Waals surface area contributed by atoms with Crippen molar-refractivity contribution in [3.63, 3.8) is 0 Å². The van der Waals surface area contributed by atoms with E-state index < -0.39 is 23.4 Å². The summed E-state index contributed by atoms with van der Waals surface area (Å²) in [4.78, 5) is 38.0. The molecule has 2 aliphatic rings. The second kappa shape index (κ2) is 6.98. The second-order valence-corrected chi connectivity index (χ2v) is 7.81. The summed E-state index contributed by atoms with van der Waals surface area (Å²) in [5.74, 6) is -0.901. The van der Waals surface area contributed by atoms with Gasteiger partial charge in [0, 0.05) is 0 Å². The predicted molar refractivity (Wildman–Crippen MR) is 101 cm³/mol. The molecular weight excluding hydrogens is 377 g/mol. The molecule has 2 fully saturated rings. The molecule has 2 heterocycles. The predicted octanol–water partition coefficient (Wildman–Crippen LogP) is 2.47. The summed E-state index contributed by atoms with van der Waals surface area (Å²) in [6.07, 6.45) is 4.17. The van der Waals surface area contributed by atoms with Crippen LogP contribution in [0.4, 0.5) is 9.18 Å². The van der Waals surface area contributed by atoms with Crippen molar-refractivity contribution < 1.29 is 18.8 Å². The number of nitrogens with one attached hydrogen (secondary N) is 2. The van der Waals surface area contributed by atoms with Crippen LogP contribution in [0.3, 0.4) is 0 Å². The maximum atomic E-state index is 13.1. The van der Waals surface area contributed by atoms with Gasteiger partial charge in [-0.1, -0.05) is 6.92 Å². The second-order valence-electron chi connectivity index (χ2n) is 7.81. The molecule has 0 bridgehead atoms. The average Bonchev–Trinajstić information content (AvgIpc) is 3.18. The number of hydrogen-bond acceptors (Lipinski definition) is 4. The number of imide groups is 1. The number of carbonyl (C=O) groups is 3. The number of hydrazine groups is 1. The van der Waals surface area contributed by atoms with E-state index in [1.807, 2.05) is 0 Å². The zero-order chi connectivity index (χ0) is 20.8. The number of benzene rings is 1. The van der Waals surface area contributed by atoms with Crippen molar-refractivity contribution in [1.82, 2.24) is 25.5 Å². The zero-order valence-corrected chi connectivity index (χ0v) is 16.2. The van der Waals surface area contributed by atoms with Crippen LogP contribution in [0.25, 0.3) is 5.69 Å². The lowest BCUT2D eigenvalue weighted by Gasteiger charge is -2.33. The minimum absolute atomic E-state index is 0.216. The van der Waals surface area contributed by atoms with Gasteiger partial charge < -0.3 is 5.32 Å². The molecule has 1 aliphatic heterocycles. The molecule has 0 unspecified atom stereocenters. The van der Waals surface area contributed by atoms with E-state index in [-0.39, 0.29) is 11.4 Å². The fourth-order valence-electron chi connectivity index (χ4n) is 3.95. The van der Waals surface area contributed by atoms with E-state index in [9.17, 15) is 18.8 Å². The molecule has 8 nitrogen and oxygen atoms in total. The van der Waals surface area contributed by atoms with Crippen LogP contribution in [-0.2, 0) is 4.79 Å².